The summed E-state index contributed by atoms with van der Waals surface area (Å²) in [5.41, 5.74) is 1.87. The van der Waals surface area contributed by atoms with Crippen LogP contribution in [0.3, 0.4) is 0 Å². The number of hydrogen-bond acceptors (Lipinski definition) is 4. The van der Waals surface area contributed by atoms with Gasteiger partial charge >= 0.3 is 5.97 Å². The molecule has 0 aliphatic carbocycles. The van der Waals surface area contributed by atoms with Crippen molar-refractivity contribution in [2.75, 3.05) is 13.7 Å². The van der Waals surface area contributed by atoms with E-state index in [0.29, 0.717) is 12.4 Å². The molecular formula is C13H21N3O3. The molecule has 0 spiro atoms. The molecule has 6 heteroatoms. The molecule has 2 heterocycles. The minimum Gasteiger partial charge on any atom is -0.481 e. The Morgan fingerprint density at radius 1 is 1.58 bits per heavy atom. The normalized spacial score (nSPS) is 23.8. The summed E-state index contributed by atoms with van der Waals surface area (Å²) in [5, 5.41) is 13.7. The summed E-state index contributed by atoms with van der Waals surface area (Å²) in [6.07, 6.45) is 0.915. The molecule has 2 rings (SSSR count). The van der Waals surface area contributed by atoms with Crippen molar-refractivity contribution in [2.45, 2.75) is 32.9 Å². The molecule has 2 atom stereocenters. The number of carbonyl (C=O) groups is 1. The van der Waals surface area contributed by atoms with Crippen LogP contribution in [-0.2, 0) is 18.4 Å². The van der Waals surface area contributed by atoms with Crippen LogP contribution in [0.2, 0.25) is 0 Å². The van der Waals surface area contributed by atoms with Gasteiger partial charge in [-0.3, -0.25) is 9.69 Å². The molecule has 1 fully saturated rings. The number of likely N-dealkylation sites (tertiary alicyclic amines) is 1. The molecule has 0 bridgehead atoms. The minimum atomic E-state index is -0.745. The molecule has 6 nitrogen and oxygen atoms in total. The number of methoxy groups -OCH3 is 1. The third kappa shape index (κ3) is 2.45. The van der Waals surface area contributed by atoms with E-state index in [2.05, 4.69) is 5.10 Å². The van der Waals surface area contributed by atoms with Crippen molar-refractivity contribution in [3.8, 4) is 5.88 Å². The van der Waals surface area contributed by atoms with E-state index >= 15 is 0 Å². The summed E-state index contributed by atoms with van der Waals surface area (Å²) in [7, 11) is 3.44. The van der Waals surface area contributed by atoms with Crippen molar-refractivity contribution < 1.29 is 14.6 Å². The molecule has 19 heavy (non-hydrogen) atoms. The minimum absolute atomic E-state index is 0.181. The summed E-state index contributed by atoms with van der Waals surface area (Å²) in [5.74, 6) is 0.146. The van der Waals surface area contributed by atoms with Crippen LogP contribution in [0.1, 0.15) is 24.6 Å². The van der Waals surface area contributed by atoms with Crippen LogP contribution in [0.5, 0.6) is 5.88 Å². The third-order valence-corrected chi connectivity index (χ3v) is 3.90. The molecule has 1 aromatic rings. The Morgan fingerprint density at radius 3 is 2.84 bits per heavy atom. The molecule has 2 unspecified atom stereocenters. The molecule has 1 saturated heterocycles. The van der Waals surface area contributed by atoms with E-state index < -0.39 is 12.0 Å². The zero-order valence-corrected chi connectivity index (χ0v) is 11.9. The van der Waals surface area contributed by atoms with E-state index in [1.807, 2.05) is 25.8 Å². The smallest absolute Gasteiger partial charge is 0.321 e. The summed E-state index contributed by atoms with van der Waals surface area (Å²) in [6.45, 7) is 5.29. The number of ether oxygens (including phenoxy) is 1. The highest BCUT2D eigenvalue weighted by atomic mass is 16.5. The van der Waals surface area contributed by atoms with Gasteiger partial charge in [0, 0.05) is 13.6 Å². The van der Waals surface area contributed by atoms with Crippen LogP contribution in [0.4, 0.5) is 0 Å². The second-order valence-electron chi connectivity index (χ2n) is 5.22. The van der Waals surface area contributed by atoms with E-state index in [1.54, 1.807) is 11.8 Å². The predicted molar refractivity (Wildman–Crippen MR) is 70.1 cm³/mol. The van der Waals surface area contributed by atoms with Gasteiger partial charge in [-0.2, -0.15) is 5.10 Å². The quantitative estimate of drug-likeness (QED) is 0.882. The topological polar surface area (TPSA) is 67.6 Å². The molecule has 1 N–H and O–H groups in total. The van der Waals surface area contributed by atoms with Crippen molar-refractivity contribution in [1.82, 2.24) is 14.7 Å². The Kier molecular flexibility index (Phi) is 3.80. The van der Waals surface area contributed by atoms with Gasteiger partial charge in [0.15, 0.2) is 0 Å². The molecule has 0 saturated carbocycles. The highest BCUT2D eigenvalue weighted by Gasteiger charge is 2.37. The molecule has 1 aliphatic heterocycles. The number of nitrogens with zero attached hydrogens (tertiary/aromatic N) is 3. The van der Waals surface area contributed by atoms with Crippen molar-refractivity contribution >= 4 is 5.97 Å². The molecule has 0 radical (unpaired) electrons. The van der Waals surface area contributed by atoms with E-state index in [9.17, 15) is 9.90 Å². The maximum Gasteiger partial charge on any atom is 0.321 e. The first-order chi connectivity index (χ1) is 8.95. The fourth-order valence-electron chi connectivity index (χ4n) is 2.92. The van der Waals surface area contributed by atoms with Gasteiger partial charge in [-0.25, -0.2) is 4.68 Å². The molecule has 0 aromatic carbocycles. The Morgan fingerprint density at radius 2 is 2.26 bits per heavy atom. The first kappa shape index (κ1) is 13.9. The molecule has 0 amide bonds. The zero-order chi connectivity index (χ0) is 14.2. The Balaban J connectivity index is 2.24. The lowest BCUT2D eigenvalue weighted by Crippen LogP contribution is -2.38. The first-order valence-corrected chi connectivity index (χ1v) is 6.49. The standard InChI is InChI=1S/C13H21N3O3/c1-8-5-6-16(11(8)13(17)18)7-10-9(2)14-15(3)12(10)19-4/h8,11H,5-7H2,1-4H3,(H,17,18). The number of aryl methyl sites for hydroxylation is 2. The maximum absolute atomic E-state index is 11.4. The number of rotatable bonds is 4. The van der Waals surface area contributed by atoms with Gasteiger partial charge in [-0.1, -0.05) is 6.92 Å². The van der Waals surface area contributed by atoms with Crippen molar-refractivity contribution in [3.05, 3.63) is 11.3 Å². The average Bonchev–Trinajstić information content (AvgIpc) is 2.81. The second kappa shape index (κ2) is 5.21. The molecule has 1 aromatic heterocycles. The highest BCUT2D eigenvalue weighted by Crippen LogP contribution is 2.29. The fraction of sp³-hybridized carbons (Fsp3) is 0.692. The van der Waals surface area contributed by atoms with E-state index in [-0.39, 0.29) is 5.92 Å². The van der Waals surface area contributed by atoms with Crippen LogP contribution < -0.4 is 4.74 Å². The second-order valence-corrected chi connectivity index (χ2v) is 5.22. The van der Waals surface area contributed by atoms with E-state index in [4.69, 9.17) is 4.74 Å². The van der Waals surface area contributed by atoms with Gasteiger partial charge in [0.25, 0.3) is 0 Å². The van der Waals surface area contributed by atoms with Crippen molar-refractivity contribution in [2.24, 2.45) is 13.0 Å². The lowest BCUT2D eigenvalue weighted by atomic mass is 10.0. The van der Waals surface area contributed by atoms with E-state index in [0.717, 1.165) is 24.2 Å². The predicted octanol–water partition coefficient (Wildman–Crippen LogP) is 1.03. The summed E-state index contributed by atoms with van der Waals surface area (Å²) in [6, 6.07) is -0.413. The van der Waals surface area contributed by atoms with Crippen LogP contribution in [0.25, 0.3) is 0 Å². The number of hydrogen-bond donors (Lipinski definition) is 1. The SMILES string of the molecule is COc1c(CN2CCC(C)C2C(=O)O)c(C)nn1C. The summed E-state index contributed by atoms with van der Waals surface area (Å²) >= 11 is 0. The number of carboxylic acids is 1. The number of aliphatic carboxylic acids is 1. The van der Waals surface area contributed by atoms with Crippen LogP contribution in [0.15, 0.2) is 0 Å². The third-order valence-electron chi connectivity index (χ3n) is 3.90. The summed E-state index contributed by atoms with van der Waals surface area (Å²) in [4.78, 5) is 13.4. The summed E-state index contributed by atoms with van der Waals surface area (Å²) < 4.78 is 7.05. The largest absolute Gasteiger partial charge is 0.481 e. The zero-order valence-electron chi connectivity index (χ0n) is 11.9. The lowest BCUT2D eigenvalue weighted by Gasteiger charge is -2.23. The first-order valence-electron chi connectivity index (χ1n) is 6.49. The average molecular weight is 267 g/mol. The lowest BCUT2D eigenvalue weighted by molar-refractivity contribution is -0.143. The van der Waals surface area contributed by atoms with Gasteiger partial charge in [-0.05, 0) is 25.8 Å². The van der Waals surface area contributed by atoms with Gasteiger partial charge in [0.1, 0.15) is 6.04 Å². The molecule has 1 aliphatic rings. The molecule has 106 valence electrons. The van der Waals surface area contributed by atoms with Gasteiger partial charge in [0.2, 0.25) is 5.88 Å². The van der Waals surface area contributed by atoms with Crippen molar-refractivity contribution in [3.63, 3.8) is 0 Å². The Hall–Kier alpha value is -1.56. The Bertz CT molecular complexity index is 484. The number of aromatic nitrogens is 2. The highest BCUT2D eigenvalue weighted by molar-refractivity contribution is 5.74. The van der Waals surface area contributed by atoms with Gasteiger partial charge in [-0.15, -0.1) is 0 Å². The number of carboxylic acid groups (broad SMARTS) is 1. The van der Waals surface area contributed by atoms with Gasteiger partial charge in [0.05, 0.1) is 18.4 Å². The monoisotopic (exact) mass is 267 g/mol. The van der Waals surface area contributed by atoms with Crippen LogP contribution >= 0.6 is 0 Å². The van der Waals surface area contributed by atoms with Gasteiger partial charge < -0.3 is 9.84 Å². The fourth-order valence-corrected chi connectivity index (χ4v) is 2.92. The van der Waals surface area contributed by atoms with Crippen LogP contribution in [0, 0.1) is 12.8 Å². The van der Waals surface area contributed by atoms with E-state index in [1.165, 1.54) is 0 Å². The van der Waals surface area contributed by atoms with Crippen LogP contribution in [-0.4, -0.2) is 45.5 Å². The Labute approximate surface area is 113 Å². The molecular weight excluding hydrogens is 246 g/mol. The van der Waals surface area contributed by atoms with Crippen molar-refractivity contribution in [1.29, 1.82) is 0 Å². The maximum atomic E-state index is 11.4.